The molecular weight excluding hydrogens is 280 g/mol. The molecule has 0 atom stereocenters. The summed E-state index contributed by atoms with van der Waals surface area (Å²) in [4.78, 5) is 23.4. The fourth-order valence-corrected chi connectivity index (χ4v) is 2.06. The first-order chi connectivity index (χ1) is 10.6. The molecule has 6 heteroatoms. The quantitative estimate of drug-likeness (QED) is 0.545. The molecule has 2 aromatic carbocycles. The van der Waals surface area contributed by atoms with E-state index in [1.807, 2.05) is 30.3 Å². The van der Waals surface area contributed by atoms with E-state index in [2.05, 4.69) is 15.0 Å². The monoisotopic (exact) mass is 292 g/mol. The predicted molar refractivity (Wildman–Crippen MR) is 82.1 cm³/mol. The minimum Gasteiger partial charge on any atom is -0.258 e. The third-order valence-electron chi connectivity index (χ3n) is 3.12. The highest BCUT2D eigenvalue weighted by Crippen LogP contribution is 2.22. The largest absolute Gasteiger partial charge is 0.269 e. The van der Waals surface area contributed by atoms with Crippen molar-refractivity contribution in [3.8, 4) is 22.8 Å². The van der Waals surface area contributed by atoms with Crippen molar-refractivity contribution < 1.29 is 4.92 Å². The maximum Gasteiger partial charge on any atom is 0.269 e. The molecule has 3 aromatic rings. The summed E-state index contributed by atoms with van der Waals surface area (Å²) < 4.78 is 0. The van der Waals surface area contributed by atoms with Gasteiger partial charge in [0.25, 0.3) is 5.69 Å². The van der Waals surface area contributed by atoms with Crippen molar-refractivity contribution in [1.82, 2.24) is 15.0 Å². The second-order valence-electron chi connectivity index (χ2n) is 4.70. The molecule has 0 aliphatic carbocycles. The van der Waals surface area contributed by atoms with Gasteiger partial charge < -0.3 is 0 Å². The number of hydrogen-bond acceptors (Lipinski definition) is 5. The van der Waals surface area contributed by atoms with Crippen LogP contribution in [0, 0.1) is 17.0 Å². The molecule has 0 amide bonds. The fraction of sp³-hybridized carbons (Fsp3) is 0.0625. The first-order valence-corrected chi connectivity index (χ1v) is 6.66. The van der Waals surface area contributed by atoms with E-state index in [9.17, 15) is 10.1 Å². The van der Waals surface area contributed by atoms with E-state index in [0.717, 1.165) is 5.56 Å². The molecule has 0 fully saturated rings. The molecule has 1 heterocycles. The molecule has 108 valence electrons. The predicted octanol–water partition coefficient (Wildman–Crippen LogP) is 3.42. The van der Waals surface area contributed by atoms with Crippen molar-refractivity contribution in [2.24, 2.45) is 0 Å². The minimum absolute atomic E-state index is 0.0396. The van der Waals surface area contributed by atoms with E-state index >= 15 is 0 Å². The Bertz CT molecular complexity index is 817. The maximum atomic E-state index is 10.7. The molecule has 3 rings (SSSR count). The summed E-state index contributed by atoms with van der Waals surface area (Å²) in [6, 6.07) is 15.8. The zero-order valence-corrected chi connectivity index (χ0v) is 11.8. The number of nitrogens with zero attached hydrogens (tertiary/aromatic N) is 4. The Morgan fingerprint density at radius 3 is 1.91 bits per heavy atom. The molecule has 0 bridgehead atoms. The molecule has 0 aliphatic rings. The summed E-state index contributed by atoms with van der Waals surface area (Å²) in [5, 5.41) is 10.7. The number of nitro benzene ring substituents is 1. The van der Waals surface area contributed by atoms with Gasteiger partial charge in [0.2, 0.25) is 0 Å². The molecule has 0 saturated heterocycles. The molecule has 0 spiro atoms. The second kappa shape index (κ2) is 5.69. The van der Waals surface area contributed by atoms with Crippen LogP contribution in [0.1, 0.15) is 5.82 Å². The van der Waals surface area contributed by atoms with Gasteiger partial charge in [0.1, 0.15) is 5.82 Å². The summed E-state index contributed by atoms with van der Waals surface area (Å²) in [7, 11) is 0. The van der Waals surface area contributed by atoms with Gasteiger partial charge in [-0.25, -0.2) is 15.0 Å². The number of aryl methyl sites for hydroxylation is 1. The lowest BCUT2D eigenvalue weighted by Gasteiger charge is -2.05. The van der Waals surface area contributed by atoms with Crippen molar-refractivity contribution >= 4 is 5.69 Å². The summed E-state index contributed by atoms with van der Waals surface area (Å²) >= 11 is 0. The number of hydrogen-bond donors (Lipinski definition) is 0. The topological polar surface area (TPSA) is 81.8 Å². The van der Waals surface area contributed by atoms with Crippen LogP contribution in [0.15, 0.2) is 54.6 Å². The van der Waals surface area contributed by atoms with Crippen molar-refractivity contribution in [3.63, 3.8) is 0 Å². The summed E-state index contributed by atoms with van der Waals surface area (Å²) in [6.07, 6.45) is 0. The van der Waals surface area contributed by atoms with Crippen LogP contribution in [-0.4, -0.2) is 19.9 Å². The Kier molecular flexibility index (Phi) is 3.57. The van der Waals surface area contributed by atoms with E-state index in [-0.39, 0.29) is 5.69 Å². The van der Waals surface area contributed by atoms with Crippen LogP contribution in [0.4, 0.5) is 5.69 Å². The summed E-state index contributed by atoms with van der Waals surface area (Å²) in [5.41, 5.74) is 1.65. The second-order valence-corrected chi connectivity index (χ2v) is 4.70. The first kappa shape index (κ1) is 13.8. The van der Waals surface area contributed by atoms with Gasteiger partial charge in [-0.15, -0.1) is 0 Å². The Morgan fingerprint density at radius 2 is 1.36 bits per heavy atom. The molecule has 0 saturated carbocycles. The van der Waals surface area contributed by atoms with Crippen LogP contribution in [0.25, 0.3) is 22.8 Å². The van der Waals surface area contributed by atoms with Gasteiger partial charge in [-0.1, -0.05) is 30.3 Å². The standard InChI is InChI=1S/C16H12N4O2/c1-11-17-15(12-5-3-2-4-6-12)19-16(18-11)13-7-9-14(10-8-13)20(21)22/h2-10H,1H3. The van der Waals surface area contributed by atoms with Crippen LogP contribution in [0.5, 0.6) is 0 Å². The number of rotatable bonds is 3. The third kappa shape index (κ3) is 2.80. The van der Waals surface area contributed by atoms with E-state index in [0.29, 0.717) is 23.0 Å². The lowest BCUT2D eigenvalue weighted by atomic mass is 10.2. The van der Waals surface area contributed by atoms with Crippen LogP contribution in [0.3, 0.4) is 0 Å². The molecule has 1 aromatic heterocycles. The normalized spacial score (nSPS) is 10.4. The average molecular weight is 292 g/mol. The Hall–Kier alpha value is -3.15. The Labute approximate surface area is 126 Å². The van der Waals surface area contributed by atoms with E-state index in [4.69, 9.17) is 0 Å². The smallest absolute Gasteiger partial charge is 0.258 e. The van der Waals surface area contributed by atoms with E-state index < -0.39 is 4.92 Å². The zero-order valence-electron chi connectivity index (χ0n) is 11.8. The molecular formula is C16H12N4O2. The Balaban J connectivity index is 2.04. The molecule has 0 N–H and O–H groups in total. The van der Waals surface area contributed by atoms with Gasteiger partial charge in [-0.2, -0.15) is 0 Å². The van der Waals surface area contributed by atoms with Gasteiger partial charge >= 0.3 is 0 Å². The van der Waals surface area contributed by atoms with Crippen LogP contribution < -0.4 is 0 Å². The van der Waals surface area contributed by atoms with E-state index in [1.54, 1.807) is 19.1 Å². The molecule has 0 unspecified atom stereocenters. The van der Waals surface area contributed by atoms with Crippen molar-refractivity contribution in [2.45, 2.75) is 6.92 Å². The highest BCUT2D eigenvalue weighted by Gasteiger charge is 2.10. The lowest BCUT2D eigenvalue weighted by molar-refractivity contribution is -0.384. The Morgan fingerprint density at radius 1 is 0.818 bits per heavy atom. The summed E-state index contributed by atoms with van der Waals surface area (Å²) in [6.45, 7) is 1.79. The summed E-state index contributed by atoms with van der Waals surface area (Å²) in [5.74, 6) is 1.69. The number of non-ortho nitro benzene ring substituents is 1. The van der Waals surface area contributed by atoms with Gasteiger partial charge in [0.05, 0.1) is 4.92 Å². The SMILES string of the molecule is Cc1nc(-c2ccccc2)nc(-c2ccc([N+](=O)[O-])cc2)n1. The van der Waals surface area contributed by atoms with Gasteiger partial charge in [-0.3, -0.25) is 10.1 Å². The highest BCUT2D eigenvalue weighted by molar-refractivity contribution is 5.61. The molecule has 0 aliphatic heterocycles. The van der Waals surface area contributed by atoms with Gasteiger partial charge in [-0.05, 0) is 19.1 Å². The van der Waals surface area contributed by atoms with Crippen molar-refractivity contribution in [2.75, 3.05) is 0 Å². The van der Waals surface area contributed by atoms with Crippen molar-refractivity contribution in [3.05, 3.63) is 70.5 Å². The van der Waals surface area contributed by atoms with Crippen LogP contribution in [0.2, 0.25) is 0 Å². The number of aromatic nitrogens is 3. The molecule has 6 nitrogen and oxygen atoms in total. The number of benzene rings is 2. The molecule has 22 heavy (non-hydrogen) atoms. The average Bonchev–Trinajstić information content (AvgIpc) is 2.55. The van der Waals surface area contributed by atoms with Crippen LogP contribution >= 0.6 is 0 Å². The molecule has 0 radical (unpaired) electrons. The van der Waals surface area contributed by atoms with Crippen molar-refractivity contribution in [1.29, 1.82) is 0 Å². The highest BCUT2D eigenvalue weighted by atomic mass is 16.6. The van der Waals surface area contributed by atoms with Gasteiger partial charge in [0.15, 0.2) is 11.6 Å². The number of nitro groups is 1. The fourth-order valence-electron chi connectivity index (χ4n) is 2.06. The first-order valence-electron chi connectivity index (χ1n) is 6.66. The third-order valence-corrected chi connectivity index (χ3v) is 3.12. The minimum atomic E-state index is -0.433. The van der Waals surface area contributed by atoms with Crippen LogP contribution in [-0.2, 0) is 0 Å². The zero-order chi connectivity index (χ0) is 15.5. The van der Waals surface area contributed by atoms with Gasteiger partial charge in [0, 0.05) is 23.3 Å². The lowest BCUT2D eigenvalue weighted by Crippen LogP contribution is -1.99. The van der Waals surface area contributed by atoms with E-state index in [1.165, 1.54) is 12.1 Å². The maximum absolute atomic E-state index is 10.7.